The lowest BCUT2D eigenvalue weighted by atomic mass is 9.77. The molecule has 23 heavy (non-hydrogen) atoms. The van der Waals surface area contributed by atoms with Gasteiger partial charge in [0.1, 0.15) is 0 Å². The number of carboxylic acids is 2. The Morgan fingerprint density at radius 2 is 1.61 bits per heavy atom. The Kier molecular flexibility index (Phi) is 7.24. The third kappa shape index (κ3) is 5.36. The molecular weight excluding hydrogens is 342 g/mol. The average Bonchev–Trinajstić information content (AvgIpc) is 2.46. The molecule has 0 radical (unpaired) electrons. The first-order valence-electron chi connectivity index (χ1n) is 6.55. The first kappa shape index (κ1) is 19.2. The van der Waals surface area contributed by atoms with E-state index in [9.17, 15) is 24.3 Å². The fraction of sp³-hybridized carbons (Fsp3) is 0.357. The van der Waals surface area contributed by atoms with E-state index < -0.39 is 46.3 Å². The van der Waals surface area contributed by atoms with Gasteiger partial charge < -0.3 is 10.2 Å². The maximum Gasteiger partial charge on any atom is 0.307 e. The first-order chi connectivity index (χ1) is 10.8. The summed E-state index contributed by atoms with van der Waals surface area (Å²) in [4.78, 5) is 49.8. The zero-order valence-corrected chi connectivity index (χ0v) is 13.6. The molecule has 3 atom stereocenters. The van der Waals surface area contributed by atoms with Crippen LogP contribution in [0.15, 0.2) is 24.5 Å². The van der Waals surface area contributed by atoms with Gasteiger partial charge in [0.15, 0.2) is 10.2 Å². The first-order valence-corrected chi connectivity index (χ1v) is 7.45. The molecule has 124 valence electrons. The second-order valence-electron chi connectivity index (χ2n) is 4.84. The summed E-state index contributed by atoms with van der Waals surface area (Å²) in [6.07, 6.45) is 2.04. The smallest absolute Gasteiger partial charge is 0.307 e. The number of carbonyl (C=O) groups excluding carboxylic acids is 2. The number of carbonyl (C=O) groups is 4. The van der Waals surface area contributed by atoms with E-state index in [0.717, 1.165) is 0 Å². The number of hydrogen-bond acceptors (Lipinski definition) is 5. The highest BCUT2D eigenvalue weighted by atomic mass is 32.1. The molecule has 9 heteroatoms. The van der Waals surface area contributed by atoms with Crippen LogP contribution in [0.4, 0.5) is 0 Å². The monoisotopic (exact) mass is 357 g/mol. The summed E-state index contributed by atoms with van der Waals surface area (Å²) >= 11 is 7.46. The quantitative estimate of drug-likeness (QED) is 0.491. The molecule has 7 nitrogen and oxygen atoms in total. The summed E-state index contributed by atoms with van der Waals surface area (Å²) in [5.74, 6) is -6.42. The molecular formula is C14H15NO6S2. The van der Waals surface area contributed by atoms with Crippen LogP contribution in [0.1, 0.15) is 24.3 Å². The number of aliphatic carboxylic acids is 2. The standard InChI is InChI=1S/C14H15NO6S2/c16-9(17)2-1-8(12(18)19)11(14(21)23)10(13(20)22)7-3-5-15-6-4-7/h3-6,8,10-11H,1-2H2,(H,16,17)(H,18,19)(H,20,22)(H,21,23). The van der Waals surface area contributed by atoms with Gasteiger partial charge in [-0.25, -0.2) is 0 Å². The van der Waals surface area contributed by atoms with Gasteiger partial charge in [0.25, 0.3) is 0 Å². The van der Waals surface area contributed by atoms with Gasteiger partial charge in [-0.05, 0) is 24.1 Å². The third-order valence-electron chi connectivity index (χ3n) is 3.40. The molecule has 1 heterocycles. The van der Waals surface area contributed by atoms with Crippen LogP contribution >= 0.6 is 25.3 Å². The van der Waals surface area contributed by atoms with Gasteiger partial charge in [-0.2, -0.15) is 0 Å². The van der Waals surface area contributed by atoms with E-state index in [4.69, 9.17) is 5.11 Å². The molecule has 0 aliphatic carbocycles. The van der Waals surface area contributed by atoms with E-state index in [2.05, 4.69) is 30.2 Å². The van der Waals surface area contributed by atoms with E-state index in [1.54, 1.807) is 0 Å². The van der Waals surface area contributed by atoms with Gasteiger partial charge in [0.05, 0.1) is 17.8 Å². The van der Waals surface area contributed by atoms with Crippen LogP contribution in [0.2, 0.25) is 0 Å². The largest absolute Gasteiger partial charge is 0.481 e. The molecule has 0 bridgehead atoms. The SMILES string of the molecule is O=C(O)CCC(C(=O)O)C(C(=O)S)C(C(=O)S)c1ccncc1. The van der Waals surface area contributed by atoms with Crippen molar-refractivity contribution in [3.63, 3.8) is 0 Å². The van der Waals surface area contributed by atoms with Gasteiger partial charge in [-0.15, -0.1) is 25.3 Å². The maximum atomic E-state index is 11.9. The minimum Gasteiger partial charge on any atom is -0.481 e. The van der Waals surface area contributed by atoms with Gasteiger partial charge >= 0.3 is 11.9 Å². The lowest BCUT2D eigenvalue weighted by molar-refractivity contribution is -0.147. The molecule has 2 N–H and O–H groups in total. The van der Waals surface area contributed by atoms with E-state index in [0.29, 0.717) is 5.56 Å². The molecule has 0 aromatic carbocycles. The number of thiol groups is 2. The minimum absolute atomic E-state index is 0.301. The minimum atomic E-state index is -1.37. The Labute approximate surface area is 142 Å². The summed E-state index contributed by atoms with van der Waals surface area (Å²) in [6, 6.07) is 2.94. The van der Waals surface area contributed by atoms with Crippen LogP contribution in [0, 0.1) is 11.8 Å². The number of nitrogens with zero attached hydrogens (tertiary/aromatic N) is 1. The molecule has 0 spiro atoms. The summed E-state index contributed by atoms with van der Waals surface area (Å²) < 4.78 is 0. The van der Waals surface area contributed by atoms with Gasteiger partial charge in [0, 0.05) is 18.8 Å². The fourth-order valence-electron chi connectivity index (χ4n) is 2.36. The van der Waals surface area contributed by atoms with Crippen LogP contribution in [0.25, 0.3) is 0 Å². The lowest BCUT2D eigenvalue weighted by Gasteiger charge is -2.27. The fourth-order valence-corrected chi connectivity index (χ4v) is 3.00. The number of carboxylic acid groups (broad SMARTS) is 2. The van der Waals surface area contributed by atoms with Crippen molar-refractivity contribution < 1.29 is 29.4 Å². The van der Waals surface area contributed by atoms with Crippen molar-refractivity contribution in [3.8, 4) is 0 Å². The van der Waals surface area contributed by atoms with E-state index in [1.165, 1.54) is 24.5 Å². The highest BCUT2D eigenvalue weighted by Crippen LogP contribution is 2.36. The van der Waals surface area contributed by atoms with Crippen molar-refractivity contribution in [1.29, 1.82) is 0 Å². The van der Waals surface area contributed by atoms with Crippen molar-refractivity contribution in [1.82, 2.24) is 4.98 Å². The van der Waals surface area contributed by atoms with E-state index in [1.807, 2.05) is 0 Å². The Morgan fingerprint density at radius 1 is 1.04 bits per heavy atom. The van der Waals surface area contributed by atoms with Crippen molar-refractivity contribution in [2.75, 3.05) is 0 Å². The van der Waals surface area contributed by atoms with Crippen LogP contribution in [0.5, 0.6) is 0 Å². The Hall–Kier alpha value is -1.87. The molecule has 1 aromatic heterocycles. The molecule has 0 aliphatic heterocycles. The van der Waals surface area contributed by atoms with Gasteiger partial charge in [0.2, 0.25) is 0 Å². The predicted molar refractivity (Wildman–Crippen MR) is 86.4 cm³/mol. The highest BCUT2D eigenvalue weighted by Gasteiger charge is 2.41. The van der Waals surface area contributed by atoms with Gasteiger partial charge in [-0.1, -0.05) is 0 Å². The average molecular weight is 357 g/mol. The predicted octanol–water partition coefficient (Wildman–Crippen LogP) is 1.26. The molecule has 0 fully saturated rings. The van der Waals surface area contributed by atoms with Crippen molar-refractivity contribution in [3.05, 3.63) is 30.1 Å². The summed E-state index contributed by atoms with van der Waals surface area (Å²) in [5.41, 5.74) is 0.369. The maximum absolute atomic E-state index is 11.9. The zero-order chi connectivity index (χ0) is 17.6. The highest BCUT2D eigenvalue weighted by molar-refractivity contribution is 7.97. The van der Waals surface area contributed by atoms with Gasteiger partial charge in [-0.3, -0.25) is 24.2 Å². The summed E-state index contributed by atoms with van der Waals surface area (Å²) in [7, 11) is 0. The molecule has 0 saturated carbocycles. The number of hydrogen-bond donors (Lipinski definition) is 4. The number of rotatable bonds is 9. The Morgan fingerprint density at radius 3 is 2.00 bits per heavy atom. The second-order valence-corrected chi connectivity index (χ2v) is 5.72. The molecule has 1 rings (SSSR count). The normalized spacial score (nSPS) is 14.5. The van der Waals surface area contributed by atoms with Crippen LogP contribution in [-0.4, -0.2) is 37.4 Å². The number of aromatic nitrogens is 1. The molecule has 1 aromatic rings. The van der Waals surface area contributed by atoms with Crippen LogP contribution in [0.3, 0.4) is 0 Å². The molecule has 3 unspecified atom stereocenters. The van der Waals surface area contributed by atoms with Crippen LogP contribution < -0.4 is 0 Å². The summed E-state index contributed by atoms with van der Waals surface area (Å²) in [6.45, 7) is 0. The lowest BCUT2D eigenvalue weighted by Crippen LogP contribution is -2.35. The van der Waals surface area contributed by atoms with Crippen molar-refractivity contribution >= 4 is 47.4 Å². The zero-order valence-electron chi connectivity index (χ0n) is 11.8. The second kappa shape index (κ2) is 8.68. The van der Waals surface area contributed by atoms with E-state index >= 15 is 0 Å². The Balaban J connectivity index is 3.28. The molecule has 0 aliphatic rings. The number of pyridine rings is 1. The van der Waals surface area contributed by atoms with Crippen LogP contribution in [-0.2, 0) is 19.2 Å². The van der Waals surface area contributed by atoms with E-state index in [-0.39, 0.29) is 6.42 Å². The third-order valence-corrected chi connectivity index (χ3v) is 3.97. The topological polar surface area (TPSA) is 122 Å². The summed E-state index contributed by atoms with van der Waals surface area (Å²) in [5, 5.41) is 16.6. The Bertz CT molecular complexity index is 607. The molecule has 0 amide bonds. The molecule has 0 saturated heterocycles. The van der Waals surface area contributed by atoms with Crippen molar-refractivity contribution in [2.24, 2.45) is 11.8 Å². The van der Waals surface area contributed by atoms with Crippen molar-refractivity contribution in [2.45, 2.75) is 18.8 Å².